The molecular weight excluding hydrogens is 243 g/mol. The second-order valence-electron chi connectivity index (χ2n) is 3.87. The molecule has 17 heavy (non-hydrogen) atoms. The first-order valence-corrected chi connectivity index (χ1v) is 5.89. The fraction of sp³-hybridized carbons (Fsp3) is 0.417. The molecular formula is C12H16ClFN2O. The van der Waals surface area contributed by atoms with Gasteiger partial charge < -0.3 is 10.6 Å². The van der Waals surface area contributed by atoms with E-state index in [1.165, 1.54) is 18.2 Å². The smallest absolute Gasteiger partial charge is 0.238 e. The van der Waals surface area contributed by atoms with Crippen LogP contribution in [0.4, 0.5) is 10.1 Å². The molecule has 0 aromatic heterocycles. The van der Waals surface area contributed by atoms with Crippen LogP contribution in [0.5, 0.6) is 0 Å². The lowest BCUT2D eigenvalue weighted by Crippen LogP contribution is -2.33. The highest BCUT2D eigenvalue weighted by molar-refractivity contribution is 6.31. The van der Waals surface area contributed by atoms with Gasteiger partial charge in [0.15, 0.2) is 0 Å². The number of nitrogens with one attached hydrogen (secondary N) is 2. The van der Waals surface area contributed by atoms with Gasteiger partial charge in [-0.15, -0.1) is 0 Å². The van der Waals surface area contributed by atoms with Gasteiger partial charge in [0.05, 0.1) is 11.6 Å². The fourth-order valence-corrected chi connectivity index (χ4v) is 1.37. The standard InChI is InChI=1S/C12H16ClFN2O/c1-3-8(2)15-7-12(17)16-9-4-5-11(14)10(13)6-9/h4-6,8,15H,3,7H2,1-2H3,(H,16,17). The van der Waals surface area contributed by atoms with Gasteiger partial charge in [-0.05, 0) is 31.5 Å². The highest BCUT2D eigenvalue weighted by atomic mass is 35.5. The van der Waals surface area contributed by atoms with Crippen LogP contribution in [0.15, 0.2) is 18.2 Å². The van der Waals surface area contributed by atoms with Gasteiger partial charge in [0.2, 0.25) is 5.91 Å². The van der Waals surface area contributed by atoms with Crippen molar-refractivity contribution >= 4 is 23.2 Å². The van der Waals surface area contributed by atoms with Crippen molar-refractivity contribution in [2.45, 2.75) is 26.3 Å². The van der Waals surface area contributed by atoms with Crippen LogP contribution in [0.25, 0.3) is 0 Å². The molecule has 5 heteroatoms. The Morgan fingerprint density at radius 2 is 2.24 bits per heavy atom. The predicted octanol–water partition coefficient (Wildman–Crippen LogP) is 2.81. The van der Waals surface area contributed by atoms with Crippen LogP contribution in [-0.4, -0.2) is 18.5 Å². The Morgan fingerprint density at radius 3 is 2.82 bits per heavy atom. The Kier molecular flexibility index (Phi) is 5.38. The Bertz CT molecular complexity index is 398. The molecule has 0 radical (unpaired) electrons. The molecule has 0 saturated heterocycles. The molecule has 1 amide bonds. The average molecular weight is 259 g/mol. The van der Waals surface area contributed by atoms with Gasteiger partial charge in [0, 0.05) is 11.7 Å². The number of benzene rings is 1. The third-order valence-corrected chi connectivity index (χ3v) is 2.72. The Balaban J connectivity index is 2.48. The zero-order valence-corrected chi connectivity index (χ0v) is 10.6. The molecule has 0 spiro atoms. The summed E-state index contributed by atoms with van der Waals surface area (Å²) in [5.41, 5.74) is 0.493. The van der Waals surface area contributed by atoms with E-state index in [9.17, 15) is 9.18 Å². The molecule has 94 valence electrons. The van der Waals surface area contributed by atoms with Crippen molar-refractivity contribution in [3.63, 3.8) is 0 Å². The number of carbonyl (C=O) groups excluding carboxylic acids is 1. The molecule has 1 aromatic rings. The average Bonchev–Trinajstić information content (AvgIpc) is 2.31. The second-order valence-corrected chi connectivity index (χ2v) is 4.27. The number of hydrogen-bond donors (Lipinski definition) is 2. The van der Waals surface area contributed by atoms with Gasteiger partial charge in [-0.1, -0.05) is 18.5 Å². The van der Waals surface area contributed by atoms with Gasteiger partial charge in [-0.2, -0.15) is 0 Å². The zero-order valence-electron chi connectivity index (χ0n) is 9.89. The van der Waals surface area contributed by atoms with E-state index in [1.807, 2.05) is 13.8 Å². The van der Waals surface area contributed by atoms with Crippen LogP contribution in [0.1, 0.15) is 20.3 Å². The number of rotatable bonds is 5. The van der Waals surface area contributed by atoms with E-state index in [0.29, 0.717) is 5.69 Å². The first-order chi connectivity index (χ1) is 8.02. The van der Waals surface area contributed by atoms with Crippen LogP contribution in [0, 0.1) is 5.82 Å². The molecule has 1 atom stereocenters. The SMILES string of the molecule is CCC(C)NCC(=O)Nc1ccc(F)c(Cl)c1. The van der Waals surface area contributed by atoms with Crippen LogP contribution in [0.3, 0.4) is 0 Å². The largest absolute Gasteiger partial charge is 0.325 e. The van der Waals surface area contributed by atoms with Crippen LogP contribution >= 0.6 is 11.6 Å². The molecule has 1 rings (SSSR count). The Hall–Kier alpha value is -1.13. The summed E-state index contributed by atoms with van der Waals surface area (Å²) < 4.78 is 12.9. The van der Waals surface area contributed by atoms with Crippen LogP contribution in [-0.2, 0) is 4.79 Å². The van der Waals surface area contributed by atoms with Gasteiger partial charge >= 0.3 is 0 Å². The van der Waals surface area contributed by atoms with Crippen molar-refractivity contribution in [2.75, 3.05) is 11.9 Å². The number of amides is 1. The van der Waals surface area contributed by atoms with Crippen molar-refractivity contribution < 1.29 is 9.18 Å². The number of carbonyl (C=O) groups is 1. The van der Waals surface area contributed by atoms with Crippen molar-refractivity contribution in [3.05, 3.63) is 29.0 Å². The summed E-state index contributed by atoms with van der Waals surface area (Å²) in [5.74, 6) is -0.671. The maximum Gasteiger partial charge on any atom is 0.238 e. The second kappa shape index (κ2) is 6.57. The van der Waals surface area contributed by atoms with Gasteiger partial charge in [0.1, 0.15) is 5.82 Å². The molecule has 0 aliphatic heterocycles. The first-order valence-electron chi connectivity index (χ1n) is 5.51. The van der Waals surface area contributed by atoms with Crippen molar-refractivity contribution in [1.29, 1.82) is 0 Å². The molecule has 1 unspecified atom stereocenters. The monoisotopic (exact) mass is 258 g/mol. The van der Waals surface area contributed by atoms with E-state index in [4.69, 9.17) is 11.6 Å². The lowest BCUT2D eigenvalue weighted by atomic mass is 10.2. The summed E-state index contributed by atoms with van der Waals surface area (Å²) in [6.07, 6.45) is 0.954. The third kappa shape index (κ3) is 4.71. The predicted molar refractivity (Wildman–Crippen MR) is 67.8 cm³/mol. The summed E-state index contributed by atoms with van der Waals surface area (Å²) in [5, 5.41) is 5.69. The Labute approximate surface area is 105 Å². The zero-order chi connectivity index (χ0) is 12.8. The lowest BCUT2D eigenvalue weighted by Gasteiger charge is -2.11. The van der Waals surface area contributed by atoms with Gasteiger partial charge in [-0.3, -0.25) is 4.79 Å². The van der Waals surface area contributed by atoms with Crippen molar-refractivity contribution in [2.24, 2.45) is 0 Å². The molecule has 3 nitrogen and oxygen atoms in total. The summed E-state index contributed by atoms with van der Waals surface area (Å²) in [4.78, 5) is 11.5. The summed E-state index contributed by atoms with van der Waals surface area (Å²) in [6.45, 7) is 4.27. The number of hydrogen-bond acceptors (Lipinski definition) is 2. The van der Waals surface area contributed by atoms with E-state index >= 15 is 0 Å². The molecule has 0 bridgehead atoms. The maximum absolute atomic E-state index is 12.9. The van der Waals surface area contributed by atoms with Crippen LogP contribution < -0.4 is 10.6 Å². The number of anilines is 1. The molecule has 0 saturated carbocycles. The summed E-state index contributed by atoms with van der Waals surface area (Å²) in [7, 11) is 0. The van der Waals surface area contributed by atoms with Crippen molar-refractivity contribution in [3.8, 4) is 0 Å². The molecule has 0 heterocycles. The van der Waals surface area contributed by atoms with E-state index in [1.54, 1.807) is 0 Å². The fourth-order valence-electron chi connectivity index (χ4n) is 1.19. The van der Waals surface area contributed by atoms with E-state index < -0.39 is 5.82 Å². The molecule has 2 N–H and O–H groups in total. The normalized spacial score (nSPS) is 12.2. The summed E-state index contributed by atoms with van der Waals surface area (Å²) in [6, 6.07) is 4.37. The van der Waals surface area contributed by atoms with Crippen molar-refractivity contribution in [1.82, 2.24) is 5.32 Å². The minimum atomic E-state index is -0.498. The van der Waals surface area contributed by atoms with E-state index in [0.717, 1.165) is 6.42 Å². The van der Waals surface area contributed by atoms with E-state index in [2.05, 4.69) is 10.6 Å². The molecule has 0 aliphatic rings. The third-order valence-electron chi connectivity index (χ3n) is 2.43. The number of halogens is 2. The minimum absolute atomic E-state index is 0.00214. The van der Waals surface area contributed by atoms with Gasteiger partial charge in [-0.25, -0.2) is 4.39 Å². The van der Waals surface area contributed by atoms with E-state index in [-0.39, 0.29) is 23.5 Å². The first kappa shape index (κ1) is 13.9. The molecule has 1 aromatic carbocycles. The Morgan fingerprint density at radius 1 is 1.53 bits per heavy atom. The topological polar surface area (TPSA) is 41.1 Å². The highest BCUT2D eigenvalue weighted by Gasteiger charge is 2.06. The quantitative estimate of drug-likeness (QED) is 0.853. The maximum atomic E-state index is 12.9. The minimum Gasteiger partial charge on any atom is -0.325 e. The lowest BCUT2D eigenvalue weighted by molar-refractivity contribution is -0.115. The molecule has 0 aliphatic carbocycles. The highest BCUT2D eigenvalue weighted by Crippen LogP contribution is 2.19. The van der Waals surface area contributed by atoms with Gasteiger partial charge in [0.25, 0.3) is 0 Å². The summed E-state index contributed by atoms with van der Waals surface area (Å²) >= 11 is 5.61. The van der Waals surface area contributed by atoms with Crippen LogP contribution in [0.2, 0.25) is 5.02 Å². The molecule has 0 fully saturated rings.